The van der Waals surface area contributed by atoms with Crippen molar-refractivity contribution in [3.8, 4) is 0 Å². The van der Waals surface area contributed by atoms with Gasteiger partial charge in [-0.3, -0.25) is 4.79 Å². The molecular weight excluding hydrogens is 194 g/mol. The molecule has 0 radical (unpaired) electrons. The minimum absolute atomic E-state index is 0.0365. The first-order valence-electron chi connectivity index (χ1n) is 5.68. The average Bonchev–Trinajstić information content (AvgIpc) is 2.60. The Kier molecular flexibility index (Phi) is 2.73. The summed E-state index contributed by atoms with van der Waals surface area (Å²) in [5.74, 6) is -0.0613. The Labute approximate surface area is 90.0 Å². The molecule has 1 amide bonds. The smallest absolute Gasteiger partial charge is 0.252 e. The third-order valence-corrected chi connectivity index (χ3v) is 3.69. The number of hydrogen-bond donors (Lipinski definition) is 2. The van der Waals surface area contributed by atoms with Crippen LogP contribution in [0.15, 0.2) is 0 Å². The van der Waals surface area contributed by atoms with E-state index in [-0.39, 0.29) is 18.1 Å². The van der Waals surface area contributed by atoms with E-state index in [0.29, 0.717) is 6.61 Å². The first-order chi connectivity index (χ1) is 7.10. The molecule has 2 N–H and O–H groups in total. The molecule has 1 unspecified atom stereocenters. The fourth-order valence-corrected chi connectivity index (χ4v) is 2.26. The molecule has 2 aliphatic rings. The Morgan fingerprint density at radius 1 is 1.40 bits per heavy atom. The van der Waals surface area contributed by atoms with E-state index in [4.69, 9.17) is 4.74 Å². The van der Waals surface area contributed by atoms with E-state index in [1.54, 1.807) is 0 Å². The lowest BCUT2D eigenvalue weighted by Crippen LogP contribution is -2.60. The highest BCUT2D eigenvalue weighted by Crippen LogP contribution is 2.33. The molecule has 1 saturated carbocycles. The summed E-state index contributed by atoms with van der Waals surface area (Å²) in [6, 6.07) is 0. The van der Waals surface area contributed by atoms with Crippen molar-refractivity contribution in [2.45, 2.75) is 50.2 Å². The van der Waals surface area contributed by atoms with Crippen LogP contribution in [0.4, 0.5) is 0 Å². The topological polar surface area (TPSA) is 58.6 Å². The van der Waals surface area contributed by atoms with Crippen LogP contribution in [0, 0.1) is 0 Å². The monoisotopic (exact) mass is 213 g/mol. The van der Waals surface area contributed by atoms with Gasteiger partial charge in [-0.25, -0.2) is 0 Å². The minimum Gasteiger partial charge on any atom is -0.394 e. The number of aliphatic hydroxyl groups is 1. The summed E-state index contributed by atoms with van der Waals surface area (Å²) in [4.78, 5) is 12.0. The molecule has 4 nitrogen and oxygen atoms in total. The van der Waals surface area contributed by atoms with Gasteiger partial charge in [0.25, 0.3) is 5.91 Å². The Balaban J connectivity index is 1.96. The molecule has 0 spiro atoms. The average molecular weight is 213 g/mol. The maximum Gasteiger partial charge on any atom is 0.252 e. The van der Waals surface area contributed by atoms with Crippen LogP contribution in [0.3, 0.4) is 0 Å². The van der Waals surface area contributed by atoms with Crippen LogP contribution in [0.2, 0.25) is 0 Å². The summed E-state index contributed by atoms with van der Waals surface area (Å²) in [6.45, 7) is 2.53. The van der Waals surface area contributed by atoms with Crippen molar-refractivity contribution in [1.29, 1.82) is 0 Å². The summed E-state index contributed by atoms with van der Waals surface area (Å²) < 4.78 is 5.47. The van der Waals surface area contributed by atoms with Crippen molar-refractivity contribution in [2.75, 3.05) is 13.2 Å². The first-order valence-corrected chi connectivity index (χ1v) is 5.68. The van der Waals surface area contributed by atoms with E-state index in [2.05, 4.69) is 5.32 Å². The van der Waals surface area contributed by atoms with Crippen LogP contribution in [-0.2, 0) is 9.53 Å². The van der Waals surface area contributed by atoms with Crippen LogP contribution in [0.1, 0.15) is 39.0 Å². The lowest BCUT2D eigenvalue weighted by molar-refractivity contribution is -0.143. The molecule has 1 saturated heterocycles. The number of rotatable bonds is 3. The van der Waals surface area contributed by atoms with Gasteiger partial charge in [0.2, 0.25) is 0 Å². The van der Waals surface area contributed by atoms with Crippen LogP contribution < -0.4 is 5.32 Å². The Hall–Kier alpha value is -0.610. The zero-order valence-corrected chi connectivity index (χ0v) is 9.21. The number of carbonyl (C=O) groups excluding carboxylic acids is 1. The zero-order chi connectivity index (χ0) is 10.9. The number of aliphatic hydroxyl groups excluding tert-OH is 1. The molecule has 2 rings (SSSR count). The summed E-state index contributed by atoms with van der Waals surface area (Å²) in [6.07, 6.45) is 4.56. The molecule has 15 heavy (non-hydrogen) atoms. The molecule has 0 aromatic rings. The quantitative estimate of drug-likeness (QED) is 0.721. The van der Waals surface area contributed by atoms with Gasteiger partial charge in [-0.15, -0.1) is 0 Å². The summed E-state index contributed by atoms with van der Waals surface area (Å²) >= 11 is 0. The molecule has 1 atom stereocenters. The van der Waals surface area contributed by atoms with E-state index >= 15 is 0 Å². The molecular formula is C11H19NO3. The van der Waals surface area contributed by atoms with Crippen LogP contribution in [0.25, 0.3) is 0 Å². The number of amides is 1. The van der Waals surface area contributed by atoms with Gasteiger partial charge in [-0.2, -0.15) is 0 Å². The summed E-state index contributed by atoms with van der Waals surface area (Å²) in [5.41, 5.74) is -1.02. The second-order valence-corrected chi connectivity index (χ2v) is 4.93. The molecule has 1 aliphatic heterocycles. The normalized spacial score (nSPS) is 33.5. The van der Waals surface area contributed by atoms with Gasteiger partial charge in [-0.05, 0) is 39.0 Å². The fraction of sp³-hybridized carbons (Fsp3) is 0.909. The maximum atomic E-state index is 12.0. The number of carbonyl (C=O) groups is 1. The van der Waals surface area contributed by atoms with Gasteiger partial charge in [0.05, 0.1) is 12.1 Å². The third kappa shape index (κ3) is 1.88. The standard InChI is InChI=1S/C11H19NO3/c1-10(4-3-7-15-10)9(14)12-11(8-13)5-2-6-11/h13H,2-8H2,1H3,(H,12,14). The van der Waals surface area contributed by atoms with Crippen molar-refractivity contribution in [3.05, 3.63) is 0 Å². The third-order valence-electron chi connectivity index (χ3n) is 3.69. The van der Waals surface area contributed by atoms with Crippen LogP contribution in [-0.4, -0.2) is 35.4 Å². The summed E-state index contributed by atoms with van der Waals surface area (Å²) in [7, 11) is 0. The number of ether oxygens (including phenoxy) is 1. The van der Waals surface area contributed by atoms with E-state index in [0.717, 1.165) is 32.1 Å². The Morgan fingerprint density at radius 3 is 2.53 bits per heavy atom. The second kappa shape index (κ2) is 3.76. The predicted molar refractivity (Wildman–Crippen MR) is 55.4 cm³/mol. The van der Waals surface area contributed by atoms with E-state index in [1.165, 1.54) is 0 Å². The van der Waals surface area contributed by atoms with Crippen LogP contribution >= 0.6 is 0 Å². The second-order valence-electron chi connectivity index (χ2n) is 4.93. The highest BCUT2D eigenvalue weighted by atomic mass is 16.5. The van der Waals surface area contributed by atoms with Crippen molar-refractivity contribution in [3.63, 3.8) is 0 Å². The summed E-state index contributed by atoms with van der Waals surface area (Å²) in [5, 5.41) is 12.2. The fourth-order valence-electron chi connectivity index (χ4n) is 2.26. The Morgan fingerprint density at radius 2 is 2.13 bits per heavy atom. The molecule has 4 heteroatoms. The van der Waals surface area contributed by atoms with Gasteiger partial charge in [-0.1, -0.05) is 0 Å². The van der Waals surface area contributed by atoms with Gasteiger partial charge < -0.3 is 15.2 Å². The highest BCUT2D eigenvalue weighted by Gasteiger charge is 2.44. The van der Waals surface area contributed by atoms with Crippen molar-refractivity contribution < 1.29 is 14.6 Å². The molecule has 1 aliphatic carbocycles. The molecule has 1 heterocycles. The Bertz CT molecular complexity index is 249. The minimum atomic E-state index is -0.669. The largest absolute Gasteiger partial charge is 0.394 e. The SMILES string of the molecule is CC1(C(=O)NC2(CO)CCC2)CCCO1. The van der Waals surface area contributed by atoms with E-state index in [1.807, 2.05) is 6.92 Å². The lowest BCUT2D eigenvalue weighted by atomic mass is 9.77. The zero-order valence-electron chi connectivity index (χ0n) is 9.21. The maximum absolute atomic E-state index is 12.0. The van der Waals surface area contributed by atoms with Crippen LogP contribution in [0.5, 0.6) is 0 Å². The molecule has 0 bridgehead atoms. The van der Waals surface area contributed by atoms with Gasteiger partial charge in [0.1, 0.15) is 5.60 Å². The van der Waals surface area contributed by atoms with Gasteiger partial charge in [0, 0.05) is 6.61 Å². The number of hydrogen-bond acceptors (Lipinski definition) is 3. The van der Waals surface area contributed by atoms with Crippen molar-refractivity contribution in [1.82, 2.24) is 5.32 Å². The van der Waals surface area contributed by atoms with Gasteiger partial charge >= 0.3 is 0 Å². The highest BCUT2D eigenvalue weighted by molar-refractivity contribution is 5.85. The first kappa shape index (κ1) is 10.9. The van der Waals surface area contributed by atoms with Crippen molar-refractivity contribution in [2.24, 2.45) is 0 Å². The molecule has 2 fully saturated rings. The predicted octanol–water partition coefficient (Wildman–Crippen LogP) is 0.587. The molecule has 86 valence electrons. The van der Waals surface area contributed by atoms with Crippen molar-refractivity contribution >= 4 is 5.91 Å². The van der Waals surface area contributed by atoms with Gasteiger partial charge in [0.15, 0.2) is 0 Å². The molecule has 0 aromatic heterocycles. The number of nitrogens with one attached hydrogen (secondary N) is 1. The lowest BCUT2D eigenvalue weighted by Gasteiger charge is -2.42. The van der Waals surface area contributed by atoms with E-state index < -0.39 is 5.60 Å². The van der Waals surface area contributed by atoms with E-state index in [9.17, 15) is 9.90 Å². The molecule has 0 aromatic carbocycles.